The van der Waals surface area contributed by atoms with Gasteiger partial charge in [-0.25, -0.2) is 4.98 Å². The van der Waals surface area contributed by atoms with Gasteiger partial charge in [0.25, 0.3) is 11.6 Å². The Labute approximate surface area is 117 Å². The maximum Gasteiger partial charge on any atom is 0.270 e. The van der Waals surface area contributed by atoms with Crippen LogP contribution in [0.25, 0.3) is 0 Å². The van der Waals surface area contributed by atoms with E-state index in [0.717, 1.165) is 18.3 Å². The van der Waals surface area contributed by atoms with Gasteiger partial charge in [0.1, 0.15) is 0 Å². The van der Waals surface area contributed by atoms with Gasteiger partial charge in [0, 0.05) is 12.1 Å². The Balaban J connectivity index is 2.21. The highest BCUT2D eigenvalue weighted by Crippen LogP contribution is 2.23. The van der Waals surface area contributed by atoms with E-state index in [4.69, 9.17) is 11.6 Å². The van der Waals surface area contributed by atoms with E-state index in [2.05, 4.69) is 10.3 Å². The van der Waals surface area contributed by atoms with Crippen molar-refractivity contribution in [3.05, 3.63) is 63.2 Å². The van der Waals surface area contributed by atoms with Crippen LogP contribution in [0, 0.1) is 16.1 Å². The summed E-state index contributed by atoms with van der Waals surface area (Å²) < 4.78 is 12.6. The second-order valence-electron chi connectivity index (χ2n) is 3.74. The molecule has 0 fully saturated rings. The molecule has 0 aliphatic carbocycles. The van der Waals surface area contributed by atoms with Gasteiger partial charge < -0.3 is 5.32 Å². The number of halogens is 2. The molecule has 8 heteroatoms. The van der Waals surface area contributed by atoms with Gasteiger partial charge in [0.2, 0.25) is 5.95 Å². The number of carbonyl (C=O) groups is 1. The normalized spacial score (nSPS) is 10.1. The van der Waals surface area contributed by atoms with Crippen molar-refractivity contribution in [1.82, 2.24) is 4.98 Å². The minimum absolute atomic E-state index is 0.0493. The number of nitro benzene ring substituents is 1. The molecule has 0 unspecified atom stereocenters. The molecule has 0 aliphatic rings. The first-order valence-electron chi connectivity index (χ1n) is 5.34. The predicted octanol–water partition coefficient (Wildman–Crippen LogP) is 3.03. The third-order valence-corrected chi connectivity index (χ3v) is 2.71. The topological polar surface area (TPSA) is 85.1 Å². The van der Waals surface area contributed by atoms with E-state index in [1.165, 1.54) is 18.2 Å². The lowest BCUT2D eigenvalue weighted by Gasteiger charge is -2.06. The number of benzene rings is 1. The second-order valence-corrected chi connectivity index (χ2v) is 4.15. The molecule has 6 nitrogen and oxygen atoms in total. The number of nitrogens with one attached hydrogen (secondary N) is 1. The Morgan fingerprint density at radius 1 is 1.35 bits per heavy atom. The zero-order chi connectivity index (χ0) is 14.7. The molecule has 1 aromatic carbocycles. The van der Waals surface area contributed by atoms with Crippen LogP contribution in [0.1, 0.15) is 10.4 Å². The SMILES string of the molecule is O=C(Nc1ccc(F)nc1)c1ccc([N+](=O)[O-])cc1Cl. The molecule has 102 valence electrons. The van der Waals surface area contributed by atoms with E-state index in [0.29, 0.717) is 0 Å². The molecule has 1 N–H and O–H groups in total. The first kappa shape index (κ1) is 13.9. The molecule has 0 saturated heterocycles. The number of pyridine rings is 1. The fourth-order valence-corrected chi connectivity index (χ4v) is 1.71. The summed E-state index contributed by atoms with van der Waals surface area (Å²) >= 11 is 5.82. The highest BCUT2D eigenvalue weighted by molar-refractivity contribution is 6.34. The molecule has 20 heavy (non-hydrogen) atoms. The molecule has 0 atom stereocenters. The largest absolute Gasteiger partial charge is 0.321 e. The number of rotatable bonds is 3. The van der Waals surface area contributed by atoms with Crippen LogP contribution in [0.4, 0.5) is 15.8 Å². The number of non-ortho nitro benzene ring substituents is 1. The summed E-state index contributed by atoms with van der Waals surface area (Å²) in [7, 11) is 0. The van der Waals surface area contributed by atoms with Crippen LogP contribution in [0.5, 0.6) is 0 Å². The van der Waals surface area contributed by atoms with Crippen LogP contribution in [-0.4, -0.2) is 15.8 Å². The predicted molar refractivity (Wildman–Crippen MR) is 70.3 cm³/mol. The second kappa shape index (κ2) is 5.62. The monoisotopic (exact) mass is 295 g/mol. The molecule has 0 radical (unpaired) electrons. The van der Waals surface area contributed by atoms with E-state index >= 15 is 0 Å². The van der Waals surface area contributed by atoms with Crippen molar-refractivity contribution in [1.29, 1.82) is 0 Å². The highest BCUT2D eigenvalue weighted by Gasteiger charge is 2.15. The van der Waals surface area contributed by atoms with Crippen molar-refractivity contribution in [2.24, 2.45) is 0 Å². The summed E-state index contributed by atoms with van der Waals surface area (Å²) in [4.78, 5) is 25.2. The van der Waals surface area contributed by atoms with Crippen molar-refractivity contribution >= 4 is 28.9 Å². The molecular weight excluding hydrogens is 289 g/mol. The van der Waals surface area contributed by atoms with Crippen LogP contribution in [0.2, 0.25) is 5.02 Å². The molecule has 1 amide bonds. The van der Waals surface area contributed by atoms with E-state index in [-0.39, 0.29) is 22.0 Å². The van der Waals surface area contributed by atoms with Gasteiger partial charge in [-0.05, 0) is 18.2 Å². The lowest BCUT2D eigenvalue weighted by molar-refractivity contribution is -0.384. The maximum absolute atomic E-state index is 12.6. The summed E-state index contributed by atoms with van der Waals surface area (Å²) in [6.07, 6.45) is 1.15. The van der Waals surface area contributed by atoms with E-state index in [1.54, 1.807) is 0 Å². The third-order valence-electron chi connectivity index (χ3n) is 2.39. The average Bonchev–Trinajstić information content (AvgIpc) is 2.41. The summed E-state index contributed by atoms with van der Waals surface area (Å²) in [5.74, 6) is -1.24. The van der Waals surface area contributed by atoms with Crippen LogP contribution < -0.4 is 5.32 Å². The van der Waals surface area contributed by atoms with Crippen molar-refractivity contribution in [3.63, 3.8) is 0 Å². The van der Waals surface area contributed by atoms with Gasteiger partial charge in [0.05, 0.1) is 27.4 Å². The lowest BCUT2D eigenvalue weighted by atomic mass is 10.2. The van der Waals surface area contributed by atoms with E-state index < -0.39 is 16.8 Å². The minimum atomic E-state index is -0.670. The molecule has 2 aromatic rings. The quantitative estimate of drug-likeness (QED) is 0.536. The number of nitrogens with zero attached hydrogens (tertiary/aromatic N) is 2. The smallest absolute Gasteiger partial charge is 0.270 e. The molecule has 1 heterocycles. The van der Waals surface area contributed by atoms with Crippen LogP contribution in [0.3, 0.4) is 0 Å². The fourth-order valence-electron chi connectivity index (χ4n) is 1.45. The number of hydrogen-bond donors (Lipinski definition) is 1. The van der Waals surface area contributed by atoms with Crippen LogP contribution in [-0.2, 0) is 0 Å². The Kier molecular flexibility index (Phi) is 3.90. The van der Waals surface area contributed by atoms with Gasteiger partial charge in [0.15, 0.2) is 0 Å². The number of hydrogen-bond acceptors (Lipinski definition) is 4. The number of anilines is 1. The summed E-state index contributed by atoms with van der Waals surface area (Å²) in [5, 5.41) is 13.0. The minimum Gasteiger partial charge on any atom is -0.321 e. The van der Waals surface area contributed by atoms with E-state index in [1.807, 2.05) is 0 Å². The lowest BCUT2D eigenvalue weighted by Crippen LogP contribution is -2.12. The molecule has 2 rings (SSSR count). The number of amides is 1. The Morgan fingerprint density at radius 3 is 2.65 bits per heavy atom. The Bertz CT molecular complexity index is 676. The summed E-state index contributed by atoms with van der Waals surface area (Å²) in [5.41, 5.74) is 0.141. The summed E-state index contributed by atoms with van der Waals surface area (Å²) in [6.45, 7) is 0. The molecule has 1 aromatic heterocycles. The number of aromatic nitrogens is 1. The summed E-state index contributed by atoms with van der Waals surface area (Å²) in [6, 6.07) is 5.92. The molecule has 0 bridgehead atoms. The molecular formula is C12H7ClFN3O3. The van der Waals surface area contributed by atoms with Gasteiger partial charge in [-0.15, -0.1) is 0 Å². The molecule has 0 saturated carbocycles. The van der Waals surface area contributed by atoms with Crippen molar-refractivity contribution in [2.45, 2.75) is 0 Å². The van der Waals surface area contributed by atoms with Gasteiger partial charge in [-0.2, -0.15) is 4.39 Å². The molecule has 0 aliphatic heterocycles. The first-order valence-corrected chi connectivity index (χ1v) is 5.72. The third kappa shape index (κ3) is 3.07. The number of carbonyl (C=O) groups excluding carboxylic acids is 1. The van der Waals surface area contributed by atoms with Gasteiger partial charge >= 0.3 is 0 Å². The van der Waals surface area contributed by atoms with Gasteiger partial charge in [-0.3, -0.25) is 14.9 Å². The van der Waals surface area contributed by atoms with Crippen LogP contribution in [0.15, 0.2) is 36.5 Å². The van der Waals surface area contributed by atoms with Crippen molar-refractivity contribution in [2.75, 3.05) is 5.32 Å². The van der Waals surface area contributed by atoms with Crippen LogP contribution >= 0.6 is 11.6 Å². The fraction of sp³-hybridized carbons (Fsp3) is 0. The maximum atomic E-state index is 12.6. The van der Waals surface area contributed by atoms with Crippen molar-refractivity contribution < 1.29 is 14.1 Å². The zero-order valence-electron chi connectivity index (χ0n) is 9.84. The number of nitro groups is 1. The first-order chi connectivity index (χ1) is 9.47. The standard InChI is InChI=1S/C12H7ClFN3O3/c13-10-5-8(17(19)20)2-3-9(10)12(18)16-7-1-4-11(14)15-6-7/h1-6H,(H,16,18). The van der Waals surface area contributed by atoms with E-state index in [9.17, 15) is 19.3 Å². The van der Waals surface area contributed by atoms with Crippen molar-refractivity contribution in [3.8, 4) is 0 Å². The Morgan fingerprint density at radius 2 is 2.10 bits per heavy atom. The Hall–Kier alpha value is -2.54. The zero-order valence-corrected chi connectivity index (χ0v) is 10.6. The van der Waals surface area contributed by atoms with Gasteiger partial charge in [-0.1, -0.05) is 11.6 Å². The molecule has 0 spiro atoms. The average molecular weight is 296 g/mol. The highest BCUT2D eigenvalue weighted by atomic mass is 35.5.